The van der Waals surface area contributed by atoms with Crippen LogP contribution in [0.25, 0.3) is 0 Å². The SMILES string of the molecule is O=C(CCCS)N1CCC2CCCC=C2C1. The van der Waals surface area contributed by atoms with E-state index in [1.165, 1.54) is 31.3 Å². The molecule has 0 aromatic rings. The van der Waals surface area contributed by atoms with Crippen molar-refractivity contribution in [2.24, 2.45) is 5.92 Å². The third kappa shape index (κ3) is 2.82. The van der Waals surface area contributed by atoms with Crippen LogP contribution in [0.5, 0.6) is 0 Å². The average Bonchev–Trinajstić information content (AvgIpc) is 2.35. The molecule has 90 valence electrons. The summed E-state index contributed by atoms with van der Waals surface area (Å²) in [7, 11) is 0. The number of thiol groups is 1. The van der Waals surface area contributed by atoms with Gasteiger partial charge in [-0.3, -0.25) is 4.79 Å². The molecule has 0 aromatic heterocycles. The van der Waals surface area contributed by atoms with Crippen molar-refractivity contribution in [3.63, 3.8) is 0 Å². The van der Waals surface area contributed by atoms with Gasteiger partial charge >= 0.3 is 0 Å². The van der Waals surface area contributed by atoms with Crippen molar-refractivity contribution >= 4 is 18.5 Å². The smallest absolute Gasteiger partial charge is 0.222 e. The maximum Gasteiger partial charge on any atom is 0.222 e. The summed E-state index contributed by atoms with van der Waals surface area (Å²) in [6.45, 7) is 1.86. The van der Waals surface area contributed by atoms with Crippen LogP contribution >= 0.6 is 12.6 Å². The Balaban J connectivity index is 1.89. The van der Waals surface area contributed by atoms with E-state index in [9.17, 15) is 4.79 Å². The standard InChI is InChI=1S/C13H21NOS/c15-13(6-3-9-16)14-8-7-11-4-1-2-5-12(11)10-14/h5,11,16H,1-4,6-10H2. The van der Waals surface area contributed by atoms with Crippen LogP contribution in [0.15, 0.2) is 11.6 Å². The number of amides is 1. The van der Waals surface area contributed by atoms with E-state index in [0.717, 1.165) is 31.2 Å². The molecule has 16 heavy (non-hydrogen) atoms. The quantitative estimate of drug-likeness (QED) is 0.593. The van der Waals surface area contributed by atoms with Crippen LogP contribution in [0.1, 0.15) is 38.5 Å². The molecule has 0 bridgehead atoms. The first-order chi connectivity index (χ1) is 7.81. The molecule has 1 fully saturated rings. The fourth-order valence-electron chi connectivity index (χ4n) is 2.74. The third-order valence-corrected chi connectivity index (χ3v) is 4.03. The van der Waals surface area contributed by atoms with Gasteiger partial charge in [0.2, 0.25) is 5.91 Å². The lowest BCUT2D eigenvalue weighted by Crippen LogP contribution is -2.40. The predicted molar refractivity (Wildman–Crippen MR) is 69.7 cm³/mol. The van der Waals surface area contributed by atoms with Gasteiger partial charge in [0.05, 0.1) is 0 Å². The maximum absolute atomic E-state index is 11.9. The second-order valence-corrected chi connectivity index (χ2v) is 5.29. The molecule has 2 nitrogen and oxygen atoms in total. The summed E-state index contributed by atoms with van der Waals surface area (Å²) in [5.41, 5.74) is 1.52. The molecule has 1 aliphatic carbocycles. The molecule has 0 radical (unpaired) electrons. The van der Waals surface area contributed by atoms with E-state index in [-0.39, 0.29) is 0 Å². The van der Waals surface area contributed by atoms with E-state index >= 15 is 0 Å². The fourth-order valence-corrected chi connectivity index (χ4v) is 2.90. The van der Waals surface area contributed by atoms with Crippen LogP contribution in [0.2, 0.25) is 0 Å². The van der Waals surface area contributed by atoms with Gasteiger partial charge in [-0.15, -0.1) is 0 Å². The van der Waals surface area contributed by atoms with Gasteiger partial charge in [0.25, 0.3) is 0 Å². The fraction of sp³-hybridized carbons (Fsp3) is 0.769. The molecular formula is C13H21NOS. The van der Waals surface area contributed by atoms with Gasteiger partial charge in [-0.05, 0) is 43.8 Å². The molecule has 1 amide bonds. The zero-order chi connectivity index (χ0) is 11.4. The van der Waals surface area contributed by atoms with Gasteiger partial charge in [-0.2, -0.15) is 12.6 Å². The van der Waals surface area contributed by atoms with E-state index in [4.69, 9.17) is 0 Å². The molecule has 1 saturated heterocycles. The zero-order valence-corrected chi connectivity index (χ0v) is 10.7. The number of carbonyl (C=O) groups excluding carboxylic acids is 1. The highest BCUT2D eigenvalue weighted by Crippen LogP contribution is 2.31. The van der Waals surface area contributed by atoms with Crippen molar-refractivity contribution in [2.75, 3.05) is 18.8 Å². The third-order valence-electron chi connectivity index (χ3n) is 3.71. The molecule has 2 rings (SSSR count). The Hall–Kier alpha value is -0.440. The Morgan fingerprint density at radius 2 is 2.38 bits per heavy atom. The monoisotopic (exact) mass is 239 g/mol. The molecule has 0 aromatic carbocycles. The number of likely N-dealkylation sites (tertiary alicyclic amines) is 1. The number of allylic oxidation sites excluding steroid dienone is 1. The Bertz CT molecular complexity index is 288. The highest BCUT2D eigenvalue weighted by atomic mass is 32.1. The Morgan fingerprint density at radius 3 is 3.19 bits per heavy atom. The van der Waals surface area contributed by atoms with Crippen LogP contribution in [-0.2, 0) is 4.79 Å². The Kier molecular flexibility index (Phi) is 4.33. The number of hydrogen-bond donors (Lipinski definition) is 1. The molecule has 1 heterocycles. The topological polar surface area (TPSA) is 20.3 Å². The van der Waals surface area contributed by atoms with Gasteiger partial charge in [0, 0.05) is 19.5 Å². The van der Waals surface area contributed by atoms with Crippen molar-refractivity contribution in [1.82, 2.24) is 4.90 Å². The first-order valence-corrected chi connectivity index (χ1v) is 7.02. The molecule has 1 unspecified atom stereocenters. The summed E-state index contributed by atoms with van der Waals surface area (Å²) < 4.78 is 0. The van der Waals surface area contributed by atoms with Crippen molar-refractivity contribution in [1.29, 1.82) is 0 Å². The summed E-state index contributed by atoms with van der Waals surface area (Å²) in [5.74, 6) is 1.91. The normalized spacial score (nSPS) is 24.9. The van der Waals surface area contributed by atoms with Crippen LogP contribution in [0.3, 0.4) is 0 Å². The summed E-state index contributed by atoms with van der Waals surface area (Å²) in [5, 5.41) is 0. The summed E-state index contributed by atoms with van der Waals surface area (Å²) >= 11 is 4.15. The molecule has 1 aliphatic heterocycles. The molecule has 0 spiro atoms. The number of piperidine rings is 1. The minimum atomic E-state index is 0.318. The van der Waals surface area contributed by atoms with E-state index in [1.54, 1.807) is 0 Å². The number of carbonyl (C=O) groups is 1. The van der Waals surface area contributed by atoms with Gasteiger partial charge in [0.1, 0.15) is 0 Å². The second-order valence-electron chi connectivity index (χ2n) is 4.84. The first kappa shape index (κ1) is 12.0. The minimum Gasteiger partial charge on any atom is -0.339 e. The first-order valence-electron chi connectivity index (χ1n) is 6.39. The number of nitrogens with zero attached hydrogens (tertiary/aromatic N) is 1. The minimum absolute atomic E-state index is 0.318. The highest BCUT2D eigenvalue weighted by Gasteiger charge is 2.27. The van der Waals surface area contributed by atoms with Gasteiger partial charge < -0.3 is 4.90 Å². The highest BCUT2D eigenvalue weighted by molar-refractivity contribution is 7.80. The van der Waals surface area contributed by atoms with Crippen LogP contribution in [0, 0.1) is 5.92 Å². The van der Waals surface area contributed by atoms with Gasteiger partial charge in [-0.25, -0.2) is 0 Å². The summed E-state index contributed by atoms with van der Waals surface area (Å²) in [6.07, 6.45) is 9.00. The van der Waals surface area contributed by atoms with Gasteiger partial charge in [-0.1, -0.05) is 11.6 Å². The Labute approximate surface area is 103 Å². The van der Waals surface area contributed by atoms with Crippen molar-refractivity contribution in [2.45, 2.75) is 38.5 Å². The number of fused-ring (bicyclic) bond motifs is 1. The second kappa shape index (κ2) is 5.76. The van der Waals surface area contributed by atoms with E-state index in [2.05, 4.69) is 18.7 Å². The largest absolute Gasteiger partial charge is 0.339 e. The summed E-state index contributed by atoms with van der Waals surface area (Å²) in [6, 6.07) is 0. The molecule has 2 aliphatic rings. The molecule has 0 saturated carbocycles. The van der Waals surface area contributed by atoms with Crippen LogP contribution < -0.4 is 0 Å². The maximum atomic E-state index is 11.9. The van der Waals surface area contributed by atoms with E-state index < -0.39 is 0 Å². The zero-order valence-electron chi connectivity index (χ0n) is 9.82. The van der Waals surface area contributed by atoms with Crippen LogP contribution in [-0.4, -0.2) is 29.6 Å². The van der Waals surface area contributed by atoms with E-state index in [1.807, 2.05) is 4.90 Å². The molecule has 3 heteroatoms. The van der Waals surface area contributed by atoms with Crippen molar-refractivity contribution in [3.05, 3.63) is 11.6 Å². The lowest BCUT2D eigenvalue weighted by atomic mass is 9.82. The average molecular weight is 239 g/mol. The number of hydrogen-bond acceptors (Lipinski definition) is 2. The predicted octanol–water partition coefficient (Wildman–Crippen LogP) is 2.66. The summed E-state index contributed by atoms with van der Waals surface area (Å²) in [4.78, 5) is 13.9. The van der Waals surface area contributed by atoms with Crippen molar-refractivity contribution in [3.8, 4) is 0 Å². The van der Waals surface area contributed by atoms with E-state index in [0.29, 0.717) is 12.3 Å². The van der Waals surface area contributed by atoms with Crippen LogP contribution in [0.4, 0.5) is 0 Å². The van der Waals surface area contributed by atoms with Gasteiger partial charge in [0.15, 0.2) is 0 Å². The number of rotatable bonds is 3. The molecular weight excluding hydrogens is 218 g/mol. The lowest BCUT2D eigenvalue weighted by molar-refractivity contribution is -0.131. The van der Waals surface area contributed by atoms with Crippen molar-refractivity contribution < 1.29 is 4.79 Å². The molecule has 1 atom stereocenters. The molecule has 0 N–H and O–H groups in total. The Morgan fingerprint density at radius 1 is 1.50 bits per heavy atom. The lowest BCUT2D eigenvalue weighted by Gasteiger charge is -2.36.